The van der Waals surface area contributed by atoms with Gasteiger partial charge in [-0.15, -0.1) is 45.3 Å². The molecule has 0 aliphatic rings. The zero-order valence-electron chi connectivity index (χ0n) is 14.7. The molecule has 0 bridgehead atoms. The molecule has 0 radical (unpaired) electrons. The molecule has 1 heterocycles. The van der Waals surface area contributed by atoms with Gasteiger partial charge in [-0.1, -0.05) is 18.2 Å². The molecule has 148 valence electrons. The summed E-state index contributed by atoms with van der Waals surface area (Å²) in [5.74, 6) is 0. The van der Waals surface area contributed by atoms with Gasteiger partial charge in [-0.25, -0.2) is 18.6 Å². The van der Waals surface area contributed by atoms with Crippen LogP contribution in [0.3, 0.4) is 0 Å². The van der Waals surface area contributed by atoms with Crippen molar-refractivity contribution in [3.63, 3.8) is 0 Å². The summed E-state index contributed by atoms with van der Waals surface area (Å²) >= 11 is 1.72. The van der Waals surface area contributed by atoms with Crippen molar-refractivity contribution in [2.45, 2.75) is 20.8 Å². The fourth-order valence-electron chi connectivity index (χ4n) is 1.73. The van der Waals surface area contributed by atoms with E-state index in [1.165, 1.54) is 10.8 Å². The van der Waals surface area contributed by atoms with Crippen LogP contribution >= 0.6 is 9.82 Å². The summed E-state index contributed by atoms with van der Waals surface area (Å²) in [7, 11) is -0.889. The molecule has 3 rings (SSSR count). The summed E-state index contributed by atoms with van der Waals surface area (Å²) in [6, 6.07) is 19.6. The number of fused-ring (bicyclic) bond motifs is 3. The number of halogens is 1. The summed E-state index contributed by atoms with van der Waals surface area (Å²) in [4.78, 5) is 4.38. The molecular formula is C18H17ClN2O4PtS-2. The fourth-order valence-corrected chi connectivity index (χ4v) is 1.73. The average molecular weight is 588 g/mol. The quantitative estimate of drug-likeness (QED) is 0.279. The summed E-state index contributed by atoms with van der Waals surface area (Å²) in [6.07, 6.45) is 1.82. The van der Waals surface area contributed by atoms with Crippen LogP contribution < -0.4 is 18.6 Å². The third kappa shape index (κ3) is 11.9. The molecule has 0 saturated carbocycles. The predicted molar refractivity (Wildman–Crippen MR) is 90.7 cm³/mol. The molecule has 0 saturated heterocycles. The molecule has 6 nitrogen and oxygen atoms in total. The zero-order valence-corrected chi connectivity index (χ0v) is 18.6. The fraction of sp³-hybridized carbons (Fsp3) is 0.222. The maximum atomic E-state index is 8.49. The second kappa shape index (κ2) is 12.2. The molecule has 0 amide bonds. The van der Waals surface area contributed by atoms with E-state index in [4.69, 9.17) is 23.9 Å². The SMILES string of the molecule is CC(C)(C)C#N.[O-][Cl+3]([O-])([O-])[O-].[S]=[Pt].[c-]1cccc2ccc3cccnc3c12. The van der Waals surface area contributed by atoms with Crippen LogP contribution in [0, 0.1) is 33.1 Å². The first-order valence-corrected chi connectivity index (χ1v) is 11.6. The van der Waals surface area contributed by atoms with Crippen LogP contribution in [0.2, 0.25) is 0 Å². The molecular weight excluding hydrogens is 571 g/mol. The molecule has 0 atom stereocenters. The van der Waals surface area contributed by atoms with Gasteiger partial charge in [0.25, 0.3) is 0 Å². The zero-order chi connectivity index (χ0) is 21.1. The van der Waals surface area contributed by atoms with Crippen LogP contribution in [-0.4, -0.2) is 4.98 Å². The van der Waals surface area contributed by atoms with Gasteiger partial charge >= 0.3 is 27.8 Å². The first-order chi connectivity index (χ1) is 12.5. The van der Waals surface area contributed by atoms with Crippen LogP contribution in [-0.2, 0) is 18.0 Å². The van der Waals surface area contributed by atoms with Crippen molar-refractivity contribution in [3.8, 4) is 6.07 Å². The third-order valence-corrected chi connectivity index (χ3v) is 2.74. The largest absolute Gasteiger partial charge is 0.304 e. The van der Waals surface area contributed by atoms with Crippen molar-refractivity contribution in [2.24, 2.45) is 5.41 Å². The first-order valence-electron chi connectivity index (χ1n) is 7.31. The minimum atomic E-state index is -4.94. The Balaban J connectivity index is 0.000000440. The minimum Gasteiger partial charge on any atom is -0.304 e. The van der Waals surface area contributed by atoms with Gasteiger partial charge in [0.1, 0.15) is 0 Å². The molecule has 27 heavy (non-hydrogen) atoms. The van der Waals surface area contributed by atoms with E-state index in [9.17, 15) is 0 Å². The monoisotopic (exact) mass is 587 g/mol. The van der Waals surface area contributed by atoms with Crippen LogP contribution in [0.15, 0.2) is 48.7 Å². The number of hydrogen-bond acceptors (Lipinski definition) is 7. The van der Waals surface area contributed by atoms with Gasteiger partial charge in [-0.2, -0.15) is 5.26 Å². The van der Waals surface area contributed by atoms with Crippen LogP contribution in [0.25, 0.3) is 21.7 Å². The van der Waals surface area contributed by atoms with Crippen LogP contribution in [0.5, 0.6) is 0 Å². The standard InChI is InChI=1S/C13H8N.C5H9N.ClHO4.Pt.S/c1-2-6-12-10(4-1)7-8-11-5-3-9-14-13(11)12;1-5(2,3)4-6;2-1(3,4)5;;/h1-5,7-9H;1-3H3;(H,2,3,4,5);;/q-1;;;;/p-1. The van der Waals surface area contributed by atoms with E-state index in [1.807, 2.05) is 45.2 Å². The van der Waals surface area contributed by atoms with Gasteiger partial charge in [-0.3, -0.25) is 0 Å². The smallest absolute Gasteiger partial charge is 0.0161 e. The topological polar surface area (TPSA) is 129 Å². The van der Waals surface area contributed by atoms with E-state index >= 15 is 0 Å². The molecule has 0 aliphatic heterocycles. The maximum absolute atomic E-state index is 8.49. The Bertz CT molecular complexity index is 831. The number of pyridine rings is 1. The van der Waals surface area contributed by atoms with E-state index in [1.54, 1.807) is 18.0 Å². The van der Waals surface area contributed by atoms with Gasteiger partial charge in [0.2, 0.25) is 0 Å². The van der Waals surface area contributed by atoms with E-state index in [-0.39, 0.29) is 5.41 Å². The first kappa shape index (κ1) is 25.6. The van der Waals surface area contributed by atoms with Crippen LogP contribution in [0.4, 0.5) is 0 Å². The molecule has 3 aromatic rings. The summed E-state index contributed by atoms with van der Waals surface area (Å²) in [5.41, 5.74) is 0.880. The average Bonchev–Trinajstić information content (AvgIpc) is 2.62. The minimum absolute atomic E-state index is 0.153. The van der Waals surface area contributed by atoms with Gasteiger partial charge in [0.05, 0.1) is 6.07 Å². The molecule has 0 aliphatic carbocycles. The van der Waals surface area contributed by atoms with Gasteiger partial charge in [-0.05, 0) is 37.7 Å². The molecule has 2 aromatic carbocycles. The molecule has 1 aromatic heterocycles. The summed E-state index contributed by atoms with van der Waals surface area (Å²) in [5, 5.41) is 11.6. The predicted octanol–water partition coefficient (Wildman–Crippen LogP) is 0.634. The number of benzene rings is 2. The number of hydrogen-bond donors (Lipinski definition) is 0. The van der Waals surface area contributed by atoms with E-state index in [0.29, 0.717) is 0 Å². The third-order valence-electron chi connectivity index (χ3n) is 2.74. The molecule has 9 heteroatoms. The second-order valence-corrected chi connectivity index (χ2v) is 6.77. The molecule has 0 unspecified atom stereocenters. The van der Waals surface area contributed by atoms with Crippen molar-refractivity contribution >= 4 is 31.5 Å². The van der Waals surface area contributed by atoms with Crippen molar-refractivity contribution < 1.29 is 46.9 Å². The number of rotatable bonds is 0. The van der Waals surface area contributed by atoms with Crippen molar-refractivity contribution in [1.82, 2.24) is 4.98 Å². The Labute approximate surface area is 175 Å². The number of aromatic nitrogens is 1. The Morgan fingerprint density at radius 3 is 2.04 bits per heavy atom. The Kier molecular flexibility index (Phi) is 11.6. The number of nitriles is 1. The maximum Gasteiger partial charge on any atom is 0.0161 e. The van der Waals surface area contributed by atoms with Gasteiger partial charge in [0, 0.05) is 11.6 Å². The van der Waals surface area contributed by atoms with Gasteiger partial charge < -0.3 is 4.98 Å². The van der Waals surface area contributed by atoms with Crippen molar-refractivity contribution in [3.05, 3.63) is 54.7 Å². The van der Waals surface area contributed by atoms with Crippen molar-refractivity contribution in [2.75, 3.05) is 0 Å². The number of nitrogens with zero attached hydrogens (tertiary/aromatic N) is 2. The second-order valence-electron chi connectivity index (χ2n) is 6.01. The van der Waals surface area contributed by atoms with Crippen molar-refractivity contribution in [1.29, 1.82) is 5.26 Å². The van der Waals surface area contributed by atoms with E-state index in [2.05, 4.69) is 51.2 Å². The van der Waals surface area contributed by atoms with Crippen LogP contribution in [0.1, 0.15) is 20.8 Å². The Morgan fingerprint density at radius 2 is 1.52 bits per heavy atom. The Morgan fingerprint density at radius 1 is 1.04 bits per heavy atom. The van der Waals surface area contributed by atoms with E-state index < -0.39 is 10.2 Å². The Hall–Kier alpha value is -1.36. The molecule has 0 spiro atoms. The summed E-state index contributed by atoms with van der Waals surface area (Å²) < 4.78 is 34.0. The van der Waals surface area contributed by atoms with E-state index in [0.717, 1.165) is 10.9 Å². The summed E-state index contributed by atoms with van der Waals surface area (Å²) in [6.45, 7) is 5.65. The molecule has 0 N–H and O–H groups in total. The molecule has 0 fully saturated rings. The normalized spacial score (nSPS) is 10.4. The van der Waals surface area contributed by atoms with Gasteiger partial charge in [0.15, 0.2) is 0 Å².